The van der Waals surface area contributed by atoms with Crippen molar-refractivity contribution in [2.45, 2.75) is 31.0 Å². The van der Waals surface area contributed by atoms with Crippen LogP contribution in [0.3, 0.4) is 0 Å². The third kappa shape index (κ3) is 2.22. The van der Waals surface area contributed by atoms with Crippen molar-refractivity contribution in [2.24, 2.45) is 5.73 Å². The van der Waals surface area contributed by atoms with Crippen LogP contribution in [0.1, 0.15) is 18.7 Å². The number of fused-ring (bicyclic) bond motifs is 1. The van der Waals surface area contributed by atoms with Gasteiger partial charge in [0.2, 0.25) is 0 Å². The lowest BCUT2D eigenvalue weighted by molar-refractivity contribution is -0.0948. The number of nitrogens with two attached hydrogens (primary N) is 1. The topological polar surface area (TPSA) is 183 Å². The zero-order valence-corrected chi connectivity index (χ0v) is 12.7. The molecule has 1 fully saturated rings. The summed E-state index contributed by atoms with van der Waals surface area (Å²) in [6.45, 7) is 0.884. The predicted molar refractivity (Wildman–Crippen MR) is 81.6 cm³/mol. The summed E-state index contributed by atoms with van der Waals surface area (Å²) in [5, 5.41) is 47.2. The standard InChI is InChI=1S/C13H18N6O5/c1-13(22)8(21)6(3-20)24-12(13)19-2-5(9(14)15)7-10(18-23)16-4-17-11(7)19/h2,4,6,8,12,20-23H,3H2,1H3,(H3,14,15)(H,16,17,18)/t6-,8-,12-,13-/m1/s1. The first-order chi connectivity index (χ1) is 11.3. The lowest BCUT2D eigenvalue weighted by Crippen LogP contribution is -2.44. The van der Waals surface area contributed by atoms with E-state index in [1.165, 1.54) is 24.0 Å². The zero-order valence-electron chi connectivity index (χ0n) is 12.7. The van der Waals surface area contributed by atoms with Gasteiger partial charge in [-0.2, -0.15) is 0 Å². The Balaban J connectivity index is 2.23. The number of amidine groups is 1. The minimum absolute atomic E-state index is 0.0286. The van der Waals surface area contributed by atoms with Crippen LogP contribution >= 0.6 is 0 Å². The van der Waals surface area contributed by atoms with E-state index in [4.69, 9.17) is 15.9 Å². The van der Waals surface area contributed by atoms with Crippen molar-refractivity contribution in [3.8, 4) is 0 Å². The third-order valence-corrected chi connectivity index (χ3v) is 4.19. The van der Waals surface area contributed by atoms with Crippen molar-refractivity contribution in [3.63, 3.8) is 0 Å². The molecule has 11 heteroatoms. The highest BCUT2D eigenvalue weighted by Crippen LogP contribution is 2.40. The number of hydrogen-bond acceptors (Lipinski definition) is 9. The van der Waals surface area contributed by atoms with Crippen LogP contribution in [0.2, 0.25) is 0 Å². The van der Waals surface area contributed by atoms with E-state index in [-0.39, 0.29) is 28.3 Å². The molecule has 0 spiro atoms. The van der Waals surface area contributed by atoms with Crippen LogP contribution in [0.15, 0.2) is 12.5 Å². The van der Waals surface area contributed by atoms with Gasteiger partial charge >= 0.3 is 0 Å². The number of nitrogen functional groups attached to an aromatic ring is 1. The highest BCUT2D eigenvalue weighted by atomic mass is 16.6. The fraction of sp³-hybridized carbons (Fsp3) is 0.462. The number of nitrogens with one attached hydrogen (secondary N) is 2. The van der Waals surface area contributed by atoms with E-state index in [0.29, 0.717) is 0 Å². The van der Waals surface area contributed by atoms with Gasteiger partial charge in [0, 0.05) is 11.8 Å². The van der Waals surface area contributed by atoms with Crippen LogP contribution < -0.4 is 11.2 Å². The van der Waals surface area contributed by atoms with Gasteiger partial charge in [-0.05, 0) is 6.92 Å². The molecule has 3 heterocycles. The van der Waals surface area contributed by atoms with Crippen LogP contribution in [0, 0.1) is 5.41 Å². The van der Waals surface area contributed by atoms with Gasteiger partial charge in [-0.1, -0.05) is 0 Å². The molecule has 0 aromatic carbocycles. The van der Waals surface area contributed by atoms with Crippen molar-refractivity contribution in [1.82, 2.24) is 14.5 Å². The summed E-state index contributed by atoms with van der Waals surface area (Å²) < 4.78 is 6.94. The Kier molecular flexibility index (Phi) is 3.89. The van der Waals surface area contributed by atoms with Crippen molar-refractivity contribution in [3.05, 3.63) is 18.1 Å². The molecule has 130 valence electrons. The Morgan fingerprint density at radius 1 is 1.54 bits per heavy atom. The van der Waals surface area contributed by atoms with E-state index in [2.05, 4.69) is 9.97 Å². The molecule has 0 amide bonds. The quantitative estimate of drug-likeness (QED) is 0.198. The van der Waals surface area contributed by atoms with Gasteiger partial charge in [0.1, 0.15) is 35.6 Å². The monoisotopic (exact) mass is 338 g/mol. The van der Waals surface area contributed by atoms with Crippen molar-refractivity contribution in [1.29, 1.82) is 5.41 Å². The summed E-state index contributed by atoms with van der Waals surface area (Å²) in [4.78, 5) is 7.95. The maximum Gasteiger partial charge on any atom is 0.167 e. The molecule has 0 radical (unpaired) electrons. The number of rotatable bonds is 4. The maximum absolute atomic E-state index is 10.6. The summed E-state index contributed by atoms with van der Waals surface area (Å²) in [5.41, 5.74) is 6.19. The molecule has 3 rings (SSSR count). The summed E-state index contributed by atoms with van der Waals surface area (Å²) in [7, 11) is 0. The van der Waals surface area contributed by atoms with Crippen LogP contribution in [-0.2, 0) is 4.74 Å². The van der Waals surface area contributed by atoms with Gasteiger partial charge in [0.15, 0.2) is 12.0 Å². The molecule has 0 bridgehead atoms. The van der Waals surface area contributed by atoms with Gasteiger partial charge < -0.3 is 30.4 Å². The van der Waals surface area contributed by atoms with Gasteiger partial charge in [0.25, 0.3) is 0 Å². The molecule has 2 aromatic rings. The fourth-order valence-corrected chi connectivity index (χ4v) is 2.94. The molecule has 1 aliphatic rings. The van der Waals surface area contributed by atoms with Crippen LogP contribution in [-0.4, -0.2) is 65.3 Å². The molecular weight excluding hydrogens is 320 g/mol. The van der Waals surface area contributed by atoms with Gasteiger partial charge in [-0.3, -0.25) is 16.1 Å². The smallest absolute Gasteiger partial charge is 0.167 e. The van der Waals surface area contributed by atoms with Crippen molar-refractivity contribution in [2.75, 3.05) is 12.1 Å². The molecule has 1 saturated heterocycles. The number of aliphatic hydroxyl groups excluding tert-OH is 2. The molecule has 24 heavy (non-hydrogen) atoms. The average Bonchev–Trinajstić information content (AvgIpc) is 3.04. The minimum Gasteiger partial charge on any atom is -0.394 e. The van der Waals surface area contributed by atoms with E-state index >= 15 is 0 Å². The average molecular weight is 338 g/mol. The second kappa shape index (κ2) is 5.65. The summed E-state index contributed by atoms with van der Waals surface area (Å²) in [5.74, 6) is -0.275. The first-order valence-corrected chi connectivity index (χ1v) is 7.09. The highest BCUT2D eigenvalue weighted by molar-refractivity contribution is 6.10. The normalized spacial score (nSPS) is 30.0. The molecule has 8 N–H and O–H groups in total. The number of aromatic nitrogens is 3. The number of anilines is 1. The molecule has 0 aliphatic carbocycles. The second-order valence-corrected chi connectivity index (χ2v) is 5.78. The highest BCUT2D eigenvalue weighted by Gasteiger charge is 2.53. The molecule has 0 unspecified atom stereocenters. The number of hydrogen-bond donors (Lipinski definition) is 7. The van der Waals surface area contributed by atoms with Gasteiger partial charge in [-0.15, -0.1) is 0 Å². The lowest BCUT2D eigenvalue weighted by Gasteiger charge is -2.27. The summed E-state index contributed by atoms with van der Waals surface area (Å²) >= 11 is 0. The fourth-order valence-electron chi connectivity index (χ4n) is 2.94. The number of nitrogens with zero attached hydrogens (tertiary/aromatic N) is 3. The lowest BCUT2D eigenvalue weighted by atomic mass is 9.96. The predicted octanol–water partition coefficient (Wildman–Crippen LogP) is -1.48. The van der Waals surface area contributed by atoms with Gasteiger partial charge in [-0.25, -0.2) is 9.97 Å². The van der Waals surface area contributed by atoms with E-state index in [1.807, 2.05) is 5.48 Å². The van der Waals surface area contributed by atoms with E-state index in [0.717, 1.165) is 0 Å². The van der Waals surface area contributed by atoms with Crippen LogP contribution in [0.5, 0.6) is 0 Å². The Hall–Kier alpha value is -2.31. The Labute approximate surface area is 135 Å². The van der Waals surface area contributed by atoms with Crippen LogP contribution in [0.25, 0.3) is 11.0 Å². The molecule has 0 saturated carbocycles. The molecule has 4 atom stereocenters. The minimum atomic E-state index is -1.73. The van der Waals surface area contributed by atoms with E-state index in [9.17, 15) is 20.5 Å². The Morgan fingerprint density at radius 3 is 2.79 bits per heavy atom. The zero-order chi connectivity index (χ0) is 17.6. The molecular formula is C13H18N6O5. The maximum atomic E-state index is 10.6. The van der Waals surface area contributed by atoms with E-state index < -0.39 is 30.6 Å². The summed E-state index contributed by atoms with van der Waals surface area (Å²) in [6, 6.07) is 0. The van der Waals surface area contributed by atoms with Crippen molar-refractivity contribution < 1.29 is 25.3 Å². The largest absolute Gasteiger partial charge is 0.394 e. The molecule has 1 aliphatic heterocycles. The number of ether oxygens (including phenoxy) is 1. The van der Waals surface area contributed by atoms with Gasteiger partial charge in [0.05, 0.1) is 12.0 Å². The first-order valence-electron chi connectivity index (χ1n) is 7.09. The molecule has 2 aromatic heterocycles. The first kappa shape index (κ1) is 16.5. The second-order valence-electron chi connectivity index (χ2n) is 5.78. The molecule has 11 nitrogen and oxygen atoms in total. The summed E-state index contributed by atoms with van der Waals surface area (Å²) in [6.07, 6.45) is -0.829. The SMILES string of the molecule is C[C@@]1(O)[C@H](O)[C@@H](CO)O[C@H]1n1cc(C(=N)N)c2c(NO)ncnc21. The Morgan fingerprint density at radius 2 is 2.25 bits per heavy atom. The van der Waals surface area contributed by atoms with E-state index in [1.54, 1.807) is 0 Å². The third-order valence-electron chi connectivity index (χ3n) is 4.19. The Bertz CT molecular complexity index is 790. The number of aliphatic hydroxyl groups is 3. The van der Waals surface area contributed by atoms with Crippen LogP contribution in [0.4, 0.5) is 5.82 Å². The van der Waals surface area contributed by atoms with Crippen molar-refractivity contribution >= 4 is 22.7 Å².